The zero-order chi connectivity index (χ0) is 30.6. The number of fused-ring (bicyclic) bond motifs is 1. The number of carbonyl (C=O) groups is 3. The summed E-state index contributed by atoms with van der Waals surface area (Å²) in [6, 6.07) is 6.08. The van der Waals surface area contributed by atoms with Gasteiger partial charge in [0, 0.05) is 43.8 Å². The summed E-state index contributed by atoms with van der Waals surface area (Å²) >= 11 is 1.58. The van der Waals surface area contributed by atoms with Crippen molar-refractivity contribution in [2.75, 3.05) is 26.2 Å². The fraction of sp³-hybridized carbons (Fsp3) is 0.606. The Labute approximate surface area is 255 Å². The highest BCUT2D eigenvalue weighted by atomic mass is 32.1. The highest BCUT2D eigenvalue weighted by Gasteiger charge is 2.29. The van der Waals surface area contributed by atoms with Crippen LogP contribution >= 0.6 is 11.3 Å². The van der Waals surface area contributed by atoms with Gasteiger partial charge in [-0.3, -0.25) is 19.3 Å². The van der Waals surface area contributed by atoms with E-state index in [9.17, 15) is 14.4 Å². The Hall–Kier alpha value is -2.91. The number of nitrogens with one attached hydrogen (secondary N) is 2. The molecule has 3 rings (SSSR count). The smallest absolute Gasteiger partial charge is 0.247 e. The summed E-state index contributed by atoms with van der Waals surface area (Å²) < 4.78 is 1.09. The van der Waals surface area contributed by atoms with Crippen molar-refractivity contribution in [1.82, 2.24) is 20.5 Å². The summed E-state index contributed by atoms with van der Waals surface area (Å²) in [6.45, 7) is 16.8. The van der Waals surface area contributed by atoms with E-state index in [-0.39, 0.29) is 36.1 Å². The van der Waals surface area contributed by atoms with Crippen LogP contribution in [0.25, 0.3) is 10.2 Å². The Morgan fingerprint density at radius 3 is 2.50 bits per heavy atom. The molecule has 2 N–H and O–H groups in total. The predicted octanol–water partition coefficient (Wildman–Crippen LogP) is 5.67. The highest BCUT2D eigenvalue weighted by molar-refractivity contribution is 7.18. The van der Waals surface area contributed by atoms with Gasteiger partial charge in [0.25, 0.3) is 0 Å². The number of likely N-dealkylation sites (N-methyl/N-ethyl adjacent to an activating group) is 1. The molecule has 0 radical (unpaired) electrons. The highest BCUT2D eigenvalue weighted by Crippen LogP contribution is 2.29. The molecular formula is C33H49N5O3S. The van der Waals surface area contributed by atoms with Gasteiger partial charge >= 0.3 is 0 Å². The van der Waals surface area contributed by atoms with Crippen LogP contribution in [0.4, 0.5) is 0 Å². The number of hydrogen-bond acceptors (Lipinski definition) is 6. The molecule has 0 aliphatic heterocycles. The molecule has 3 amide bonds. The van der Waals surface area contributed by atoms with Crippen molar-refractivity contribution in [2.45, 2.75) is 91.5 Å². The molecule has 1 aromatic carbocycles. The molecule has 0 saturated heterocycles. The van der Waals surface area contributed by atoms with Gasteiger partial charge in [-0.15, -0.1) is 11.3 Å². The zero-order valence-electron chi connectivity index (χ0n) is 26.1. The van der Waals surface area contributed by atoms with Crippen LogP contribution in [0.3, 0.4) is 0 Å². The third kappa shape index (κ3) is 9.83. The van der Waals surface area contributed by atoms with Crippen molar-refractivity contribution < 1.29 is 14.4 Å². The lowest BCUT2D eigenvalue weighted by molar-refractivity contribution is -0.124. The number of nitrogens with zero attached hydrogens (tertiary/aromatic N) is 3. The maximum Gasteiger partial charge on any atom is 0.247 e. The Kier molecular flexibility index (Phi) is 13.3. The van der Waals surface area contributed by atoms with Gasteiger partial charge < -0.3 is 10.6 Å². The third-order valence-electron chi connectivity index (χ3n) is 8.21. The molecule has 8 nitrogen and oxygen atoms in total. The second kappa shape index (κ2) is 16.7. The van der Waals surface area contributed by atoms with Gasteiger partial charge in [0.15, 0.2) is 0 Å². The van der Waals surface area contributed by atoms with Gasteiger partial charge in [0.2, 0.25) is 17.7 Å². The van der Waals surface area contributed by atoms with Crippen LogP contribution in [0.5, 0.6) is 0 Å². The Morgan fingerprint density at radius 2 is 1.86 bits per heavy atom. The van der Waals surface area contributed by atoms with Gasteiger partial charge in [-0.2, -0.15) is 0 Å². The minimum absolute atomic E-state index is 0.182. The third-order valence-corrected chi connectivity index (χ3v) is 9.26. The molecule has 0 spiro atoms. The maximum atomic E-state index is 13.8. The first-order chi connectivity index (χ1) is 20.1. The molecule has 9 heteroatoms. The van der Waals surface area contributed by atoms with Gasteiger partial charge in [-0.1, -0.05) is 66.5 Å². The van der Waals surface area contributed by atoms with Crippen LogP contribution in [0.15, 0.2) is 35.3 Å². The monoisotopic (exact) mass is 595 g/mol. The first kappa shape index (κ1) is 33.6. The van der Waals surface area contributed by atoms with Crippen LogP contribution in [0.1, 0.15) is 89.6 Å². The van der Waals surface area contributed by atoms with E-state index in [1.165, 1.54) is 18.2 Å². The molecule has 2 atom stereocenters. The van der Waals surface area contributed by atoms with Crippen molar-refractivity contribution in [3.05, 3.63) is 40.9 Å². The standard InChI is InChI=1S/C33H49N5O3S/c1-7-30(39)34-19-26(18-31-36-27-16-15-25(22(4)5)17-29(27)42-31)33(41)37-28(24-13-11-10-12-14-24)20-35-32(40)23(6)21-38(8-2)9-3/h15-17,19,22,24,26,28H,6-14,18,20-21H2,1-5H3,(H,35,40)(H,37,41)/t26?,28-/m1/s1. The molecule has 1 saturated carbocycles. The van der Waals surface area contributed by atoms with Crippen molar-refractivity contribution in [2.24, 2.45) is 16.8 Å². The van der Waals surface area contributed by atoms with E-state index in [0.717, 1.165) is 54.0 Å². The Bertz CT molecular complexity index is 1240. The molecular weight excluding hydrogens is 546 g/mol. The minimum atomic E-state index is -0.648. The quantitative estimate of drug-likeness (QED) is 0.204. The van der Waals surface area contributed by atoms with Crippen molar-refractivity contribution >= 4 is 45.5 Å². The second-order valence-electron chi connectivity index (χ2n) is 11.6. The van der Waals surface area contributed by atoms with Gasteiger partial charge in [-0.05, 0) is 55.5 Å². The lowest BCUT2D eigenvalue weighted by atomic mass is 9.83. The Morgan fingerprint density at radius 1 is 1.14 bits per heavy atom. The number of carbonyl (C=O) groups excluding carboxylic acids is 3. The predicted molar refractivity (Wildman–Crippen MR) is 173 cm³/mol. The van der Waals surface area contributed by atoms with Gasteiger partial charge in [-0.25, -0.2) is 9.98 Å². The molecule has 2 aromatic rings. The van der Waals surface area contributed by atoms with Crippen molar-refractivity contribution in [3.8, 4) is 0 Å². The molecule has 1 aromatic heterocycles. The molecule has 1 aliphatic carbocycles. The van der Waals surface area contributed by atoms with Crippen LogP contribution in [-0.2, 0) is 20.8 Å². The molecule has 42 heavy (non-hydrogen) atoms. The number of hydrogen-bond donors (Lipinski definition) is 2. The summed E-state index contributed by atoms with van der Waals surface area (Å²) in [5, 5.41) is 7.12. The minimum Gasteiger partial charge on any atom is -0.351 e. The SMILES string of the molecule is C=C(CN(CC)CC)C(=O)NC[C@@H](NC(=O)C(C=NC(=O)CC)Cc1nc2ccc(C(C)C)cc2s1)C1CCCCC1. The number of thiazole rings is 1. The van der Waals surface area contributed by atoms with Crippen LogP contribution in [0.2, 0.25) is 0 Å². The topological polar surface area (TPSA) is 104 Å². The second-order valence-corrected chi connectivity index (χ2v) is 12.7. The van der Waals surface area contributed by atoms with E-state index in [1.54, 1.807) is 18.3 Å². The first-order valence-electron chi connectivity index (χ1n) is 15.6. The molecule has 1 heterocycles. The average Bonchev–Trinajstić information content (AvgIpc) is 3.41. The first-order valence-corrected chi connectivity index (χ1v) is 16.4. The number of benzene rings is 1. The number of aromatic nitrogens is 1. The van der Waals surface area contributed by atoms with E-state index in [2.05, 4.69) is 66.9 Å². The fourth-order valence-corrected chi connectivity index (χ4v) is 6.45. The van der Waals surface area contributed by atoms with E-state index < -0.39 is 5.92 Å². The summed E-state index contributed by atoms with van der Waals surface area (Å²) in [6.07, 6.45) is 7.53. The van der Waals surface area contributed by atoms with Gasteiger partial charge in [0.1, 0.15) is 0 Å². The summed E-state index contributed by atoms with van der Waals surface area (Å²) in [5.41, 5.74) is 2.68. The van der Waals surface area contributed by atoms with Crippen LogP contribution in [-0.4, -0.2) is 66.0 Å². The van der Waals surface area contributed by atoms with E-state index in [4.69, 9.17) is 4.98 Å². The fourth-order valence-electron chi connectivity index (χ4n) is 5.38. The zero-order valence-corrected chi connectivity index (χ0v) is 26.9. The van der Waals surface area contributed by atoms with Crippen molar-refractivity contribution in [1.29, 1.82) is 0 Å². The molecule has 230 valence electrons. The van der Waals surface area contributed by atoms with Gasteiger partial charge in [0.05, 0.1) is 21.1 Å². The number of rotatable bonds is 15. The summed E-state index contributed by atoms with van der Waals surface area (Å²) in [4.78, 5) is 49.8. The van der Waals surface area contributed by atoms with Crippen LogP contribution in [0, 0.1) is 11.8 Å². The number of amides is 3. The average molecular weight is 596 g/mol. The molecule has 1 fully saturated rings. The normalized spacial score (nSPS) is 15.8. The van der Waals surface area contributed by atoms with Crippen molar-refractivity contribution in [3.63, 3.8) is 0 Å². The molecule has 1 unspecified atom stereocenters. The lowest BCUT2D eigenvalue weighted by Gasteiger charge is -2.32. The molecule has 1 aliphatic rings. The van der Waals surface area contributed by atoms with E-state index in [0.29, 0.717) is 31.0 Å². The van der Waals surface area contributed by atoms with E-state index in [1.807, 2.05) is 6.07 Å². The Balaban J connectivity index is 1.77. The largest absolute Gasteiger partial charge is 0.351 e. The lowest BCUT2D eigenvalue weighted by Crippen LogP contribution is -2.51. The maximum absolute atomic E-state index is 13.8. The van der Waals surface area contributed by atoms with Crippen LogP contribution < -0.4 is 10.6 Å². The summed E-state index contributed by atoms with van der Waals surface area (Å²) in [5.74, 6) is -0.606. The number of aliphatic imine (C=N–C) groups is 1. The van der Waals surface area contributed by atoms with E-state index >= 15 is 0 Å². The molecule has 0 bridgehead atoms. The summed E-state index contributed by atoms with van der Waals surface area (Å²) in [7, 11) is 0.